The van der Waals surface area contributed by atoms with Gasteiger partial charge in [0.2, 0.25) is 0 Å². The molecule has 2 aliphatic rings. The van der Waals surface area contributed by atoms with Crippen molar-refractivity contribution in [3.63, 3.8) is 0 Å². The number of hydrogen-bond donors (Lipinski definition) is 3. The number of aromatic nitrogens is 1. The summed E-state index contributed by atoms with van der Waals surface area (Å²) in [6.07, 6.45) is 4.16. The molecule has 5 heteroatoms. The summed E-state index contributed by atoms with van der Waals surface area (Å²) in [6, 6.07) is 0. The van der Waals surface area contributed by atoms with Gasteiger partial charge in [0, 0.05) is 31.4 Å². The van der Waals surface area contributed by atoms with Crippen molar-refractivity contribution in [3.8, 4) is 0 Å². The van der Waals surface area contributed by atoms with E-state index in [0.29, 0.717) is 0 Å². The van der Waals surface area contributed by atoms with Crippen LogP contribution in [0.2, 0.25) is 0 Å². The zero-order valence-corrected chi connectivity index (χ0v) is 11.3. The summed E-state index contributed by atoms with van der Waals surface area (Å²) in [5.74, 6) is 0. The highest BCUT2D eigenvalue weighted by atomic mass is 16.4. The summed E-state index contributed by atoms with van der Waals surface area (Å²) in [7, 11) is 0. The van der Waals surface area contributed by atoms with E-state index in [2.05, 4.69) is 35.1 Å². The predicted octanol–water partition coefficient (Wildman–Crippen LogP) is 2.25. The van der Waals surface area contributed by atoms with E-state index in [9.17, 15) is 4.79 Å². The second-order valence-corrected chi connectivity index (χ2v) is 5.88. The molecule has 0 bridgehead atoms. The second-order valence-electron chi connectivity index (χ2n) is 5.88. The van der Waals surface area contributed by atoms with Crippen molar-refractivity contribution >= 4 is 17.4 Å². The van der Waals surface area contributed by atoms with Gasteiger partial charge < -0.3 is 15.0 Å². The number of rotatable bonds is 1. The van der Waals surface area contributed by atoms with Crippen LogP contribution in [0.15, 0.2) is 12.3 Å². The lowest BCUT2D eigenvalue weighted by atomic mass is 9.75. The van der Waals surface area contributed by atoms with Crippen molar-refractivity contribution in [1.82, 2.24) is 9.88 Å². The zero-order valence-electron chi connectivity index (χ0n) is 11.3. The number of anilines is 1. The molecule has 0 radical (unpaired) electrons. The molecular formula is C14H19N3O2. The Bertz CT molecular complexity index is 569. The molecule has 0 aromatic carbocycles. The minimum absolute atomic E-state index is 0.0355. The smallest absolute Gasteiger partial charge is 0.409 e. The van der Waals surface area contributed by atoms with E-state index in [1.807, 2.05) is 6.20 Å². The molecule has 1 aromatic rings. The fraction of sp³-hybridized carbons (Fsp3) is 0.500. The average Bonchev–Trinajstić information content (AvgIpc) is 2.54. The summed E-state index contributed by atoms with van der Waals surface area (Å²) in [4.78, 5) is 11.0. The predicted molar refractivity (Wildman–Crippen MR) is 74.6 cm³/mol. The van der Waals surface area contributed by atoms with Gasteiger partial charge in [0.1, 0.15) is 0 Å². The van der Waals surface area contributed by atoms with Crippen LogP contribution >= 0.6 is 0 Å². The van der Waals surface area contributed by atoms with Crippen LogP contribution in [0.4, 0.5) is 10.5 Å². The minimum Gasteiger partial charge on any atom is -0.465 e. The summed E-state index contributed by atoms with van der Waals surface area (Å²) in [5, 5.41) is 15.0. The largest absolute Gasteiger partial charge is 0.465 e. The van der Waals surface area contributed by atoms with Crippen LogP contribution in [0.1, 0.15) is 31.5 Å². The van der Waals surface area contributed by atoms with Crippen molar-refractivity contribution < 1.29 is 9.90 Å². The monoisotopic (exact) mass is 261 g/mol. The maximum Gasteiger partial charge on any atom is 0.409 e. The Morgan fingerprint density at radius 2 is 2.32 bits per heavy atom. The summed E-state index contributed by atoms with van der Waals surface area (Å²) < 4.78 is 2.17. The Morgan fingerprint density at radius 3 is 3.05 bits per heavy atom. The number of hydrogen-bond acceptors (Lipinski definition) is 2. The van der Waals surface area contributed by atoms with Gasteiger partial charge in [0.15, 0.2) is 0 Å². The Morgan fingerprint density at radius 1 is 1.53 bits per heavy atom. The van der Waals surface area contributed by atoms with Crippen LogP contribution in [0.3, 0.4) is 0 Å². The summed E-state index contributed by atoms with van der Waals surface area (Å²) >= 11 is 0. The number of carboxylic acid groups (broad SMARTS) is 1. The van der Waals surface area contributed by atoms with E-state index >= 15 is 0 Å². The maximum absolute atomic E-state index is 11.0. The van der Waals surface area contributed by atoms with Crippen LogP contribution in [0, 0.1) is 0 Å². The molecule has 0 atom stereocenters. The van der Waals surface area contributed by atoms with Crippen LogP contribution < -0.4 is 10.6 Å². The van der Waals surface area contributed by atoms with Crippen LogP contribution in [0.5, 0.6) is 0 Å². The molecule has 5 nitrogen and oxygen atoms in total. The molecule has 1 aromatic heterocycles. The highest BCUT2D eigenvalue weighted by molar-refractivity contribution is 5.87. The fourth-order valence-corrected chi connectivity index (χ4v) is 3.13. The lowest BCUT2D eigenvalue weighted by Gasteiger charge is -2.31. The number of nitrogens with zero attached hydrogens (tertiary/aromatic N) is 1. The van der Waals surface area contributed by atoms with Gasteiger partial charge in [-0.05, 0) is 17.4 Å². The molecule has 3 rings (SSSR count). The lowest BCUT2D eigenvalue weighted by molar-refractivity contribution is 0.209. The molecule has 0 unspecified atom stereocenters. The number of amides is 1. The van der Waals surface area contributed by atoms with E-state index in [4.69, 9.17) is 5.11 Å². The van der Waals surface area contributed by atoms with Gasteiger partial charge in [0.05, 0.1) is 11.4 Å². The van der Waals surface area contributed by atoms with Gasteiger partial charge in [-0.3, -0.25) is 5.32 Å². The lowest BCUT2D eigenvalue weighted by Crippen LogP contribution is -2.25. The fourth-order valence-electron chi connectivity index (χ4n) is 3.13. The van der Waals surface area contributed by atoms with E-state index in [-0.39, 0.29) is 5.41 Å². The molecule has 1 amide bonds. The van der Waals surface area contributed by atoms with E-state index < -0.39 is 6.09 Å². The van der Waals surface area contributed by atoms with Gasteiger partial charge in [-0.1, -0.05) is 19.9 Å². The number of allylic oxidation sites excluding steroid dienone is 1. The average molecular weight is 261 g/mol. The molecule has 1 aliphatic carbocycles. The Kier molecular flexibility index (Phi) is 2.67. The second kappa shape index (κ2) is 4.13. The first-order chi connectivity index (χ1) is 8.99. The molecule has 0 saturated carbocycles. The van der Waals surface area contributed by atoms with Crippen LogP contribution in [-0.4, -0.2) is 28.9 Å². The molecule has 102 valence electrons. The van der Waals surface area contributed by atoms with Crippen molar-refractivity contribution in [2.45, 2.75) is 32.2 Å². The summed E-state index contributed by atoms with van der Waals surface area (Å²) in [6.45, 7) is 6.98. The van der Waals surface area contributed by atoms with Crippen molar-refractivity contribution in [1.29, 1.82) is 0 Å². The highest BCUT2D eigenvalue weighted by Gasteiger charge is 2.34. The van der Waals surface area contributed by atoms with Gasteiger partial charge in [-0.2, -0.15) is 0 Å². The van der Waals surface area contributed by atoms with Crippen LogP contribution in [0.25, 0.3) is 5.57 Å². The van der Waals surface area contributed by atoms with Gasteiger partial charge in [-0.15, -0.1) is 0 Å². The van der Waals surface area contributed by atoms with Crippen LogP contribution in [-0.2, 0) is 12.0 Å². The minimum atomic E-state index is -0.998. The van der Waals surface area contributed by atoms with Gasteiger partial charge in [0.25, 0.3) is 0 Å². The maximum atomic E-state index is 11.0. The SMILES string of the molecule is CC1(C)CC=C2CNCCn3cc(NC(=O)O)c1c32. The Labute approximate surface area is 112 Å². The third-order valence-electron chi connectivity index (χ3n) is 4.00. The van der Waals surface area contributed by atoms with Crippen molar-refractivity contribution in [2.24, 2.45) is 0 Å². The van der Waals surface area contributed by atoms with Crippen molar-refractivity contribution in [2.75, 3.05) is 18.4 Å². The normalized spacial score (nSPS) is 20.2. The molecule has 0 saturated heterocycles. The third kappa shape index (κ3) is 1.94. The Balaban J connectivity index is 2.20. The molecule has 3 N–H and O–H groups in total. The zero-order chi connectivity index (χ0) is 13.6. The molecule has 0 spiro atoms. The third-order valence-corrected chi connectivity index (χ3v) is 4.00. The molecule has 2 heterocycles. The first-order valence-corrected chi connectivity index (χ1v) is 6.63. The highest BCUT2D eigenvalue weighted by Crippen LogP contribution is 2.44. The van der Waals surface area contributed by atoms with E-state index in [1.54, 1.807) is 0 Å². The van der Waals surface area contributed by atoms with E-state index in [0.717, 1.165) is 37.3 Å². The molecule has 1 aliphatic heterocycles. The topological polar surface area (TPSA) is 66.3 Å². The Hall–Kier alpha value is -1.75. The van der Waals surface area contributed by atoms with Crippen molar-refractivity contribution in [3.05, 3.63) is 23.5 Å². The molecular weight excluding hydrogens is 242 g/mol. The summed E-state index contributed by atoms with van der Waals surface area (Å²) in [5.41, 5.74) is 4.32. The van der Waals surface area contributed by atoms with E-state index in [1.165, 1.54) is 11.3 Å². The number of nitrogens with one attached hydrogen (secondary N) is 2. The molecule has 0 fully saturated rings. The van der Waals surface area contributed by atoms with Gasteiger partial charge >= 0.3 is 6.09 Å². The van der Waals surface area contributed by atoms with Gasteiger partial charge in [-0.25, -0.2) is 4.79 Å². The standard InChI is InChI=1S/C14H19N3O2/c1-14(2)4-3-9-7-15-5-6-17-8-10(16-13(18)19)11(14)12(9)17/h3,8,15-16H,4-7H2,1-2H3,(H,18,19). The first-order valence-electron chi connectivity index (χ1n) is 6.63. The number of carbonyl (C=O) groups is 1. The first kappa shape index (κ1) is 12.3. The quantitative estimate of drug-likeness (QED) is 0.726. The molecule has 19 heavy (non-hydrogen) atoms.